The highest BCUT2D eigenvalue weighted by Gasteiger charge is 2.29. The Balaban J connectivity index is 1.48. The number of nitrogens with one attached hydrogen (secondary N) is 1. The number of ether oxygens (including phenoxy) is 1. The molecule has 0 saturated carbocycles. The summed E-state index contributed by atoms with van der Waals surface area (Å²) in [7, 11) is 0. The van der Waals surface area contributed by atoms with Gasteiger partial charge in [0.2, 0.25) is 0 Å². The quantitative estimate of drug-likeness (QED) is 0.480. The van der Waals surface area contributed by atoms with Crippen molar-refractivity contribution < 1.29 is 14.3 Å². The third-order valence-electron chi connectivity index (χ3n) is 6.15. The summed E-state index contributed by atoms with van der Waals surface area (Å²) in [6.45, 7) is 8.17. The number of carbonyl (C=O) groups is 2. The van der Waals surface area contributed by atoms with Gasteiger partial charge in [0.05, 0.1) is 11.4 Å². The maximum Gasteiger partial charge on any atom is 0.412 e. The van der Waals surface area contributed by atoms with E-state index in [-0.39, 0.29) is 12.6 Å². The smallest absolute Gasteiger partial charge is 0.412 e. The summed E-state index contributed by atoms with van der Waals surface area (Å²) in [5.41, 5.74) is 6.72. The van der Waals surface area contributed by atoms with Crippen molar-refractivity contribution in [3.8, 4) is 0 Å². The second-order valence-corrected chi connectivity index (χ2v) is 8.84. The lowest BCUT2D eigenvalue weighted by atomic mass is 10.1. The molecule has 0 aromatic heterocycles. The van der Waals surface area contributed by atoms with Gasteiger partial charge in [0.25, 0.3) is 0 Å². The van der Waals surface area contributed by atoms with Crippen molar-refractivity contribution >= 4 is 23.5 Å². The first-order valence-electron chi connectivity index (χ1n) is 11.6. The SMILES string of the molecule is Cc1ccc(N2CCCN(Cc3ccc(C)c(C)c3)C2=O)c(NC(=O)OCc2ccccc2)c1. The third-order valence-corrected chi connectivity index (χ3v) is 6.15. The van der Waals surface area contributed by atoms with Gasteiger partial charge in [0, 0.05) is 19.6 Å². The van der Waals surface area contributed by atoms with Gasteiger partial charge in [-0.25, -0.2) is 9.59 Å². The lowest BCUT2D eigenvalue weighted by Gasteiger charge is -2.36. The minimum Gasteiger partial charge on any atom is -0.444 e. The van der Waals surface area contributed by atoms with E-state index in [1.165, 1.54) is 11.1 Å². The van der Waals surface area contributed by atoms with Gasteiger partial charge in [-0.05, 0) is 67.1 Å². The summed E-state index contributed by atoms with van der Waals surface area (Å²) in [4.78, 5) is 29.6. The van der Waals surface area contributed by atoms with E-state index in [9.17, 15) is 9.59 Å². The molecule has 1 saturated heterocycles. The van der Waals surface area contributed by atoms with Crippen molar-refractivity contribution in [2.24, 2.45) is 0 Å². The fourth-order valence-corrected chi connectivity index (χ4v) is 4.13. The van der Waals surface area contributed by atoms with E-state index in [1.807, 2.05) is 60.4 Å². The maximum atomic E-state index is 13.4. The molecule has 0 bridgehead atoms. The minimum atomic E-state index is -0.549. The van der Waals surface area contributed by atoms with Crippen LogP contribution in [0.5, 0.6) is 0 Å². The van der Waals surface area contributed by atoms with Crippen LogP contribution in [0.4, 0.5) is 21.0 Å². The summed E-state index contributed by atoms with van der Waals surface area (Å²) in [6.07, 6.45) is 0.301. The number of anilines is 2. The van der Waals surface area contributed by atoms with Gasteiger partial charge in [-0.2, -0.15) is 0 Å². The largest absolute Gasteiger partial charge is 0.444 e. The molecule has 1 fully saturated rings. The molecule has 6 nitrogen and oxygen atoms in total. The molecule has 0 atom stereocenters. The van der Waals surface area contributed by atoms with Crippen LogP contribution in [-0.2, 0) is 17.9 Å². The van der Waals surface area contributed by atoms with E-state index >= 15 is 0 Å². The van der Waals surface area contributed by atoms with Crippen molar-refractivity contribution in [3.63, 3.8) is 0 Å². The molecular weight excluding hydrogens is 426 g/mol. The number of hydrogen-bond donors (Lipinski definition) is 1. The van der Waals surface area contributed by atoms with Crippen LogP contribution in [0.1, 0.15) is 34.2 Å². The number of nitrogens with zero attached hydrogens (tertiary/aromatic N) is 2. The third kappa shape index (κ3) is 5.57. The predicted octanol–water partition coefficient (Wildman–Crippen LogP) is 6.19. The van der Waals surface area contributed by atoms with Crippen molar-refractivity contribution in [2.45, 2.75) is 40.3 Å². The van der Waals surface area contributed by atoms with E-state index in [0.717, 1.165) is 23.1 Å². The van der Waals surface area contributed by atoms with Gasteiger partial charge in [0.15, 0.2) is 0 Å². The number of carbonyl (C=O) groups excluding carboxylic acids is 2. The lowest BCUT2D eigenvalue weighted by molar-refractivity contribution is 0.155. The van der Waals surface area contributed by atoms with Crippen LogP contribution in [0.2, 0.25) is 0 Å². The van der Waals surface area contributed by atoms with E-state index < -0.39 is 6.09 Å². The van der Waals surface area contributed by atoms with Crippen molar-refractivity contribution in [3.05, 3.63) is 94.5 Å². The molecule has 1 aliphatic heterocycles. The molecule has 6 heteroatoms. The molecule has 0 unspecified atom stereocenters. The van der Waals surface area contributed by atoms with Crippen LogP contribution in [0, 0.1) is 20.8 Å². The first-order chi connectivity index (χ1) is 16.4. The Hall–Kier alpha value is -3.80. The molecule has 34 heavy (non-hydrogen) atoms. The second-order valence-electron chi connectivity index (χ2n) is 8.84. The Morgan fingerprint density at radius 3 is 2.47 bits per heavy atom. The Kier molecular flexibility index (Phi) is 7.16. The zero-order chi connectivity index (χ0) is 24.1. The first-order valence-corrected chi connectivity index (χ1v) is 11.6. The van der Waals surface area contributed by atoms with Crippen LogP contribution >= 0.6 is 0 Å². The Morgan fingerprint density at radius 1 is 0.912 bits per heavy atom. The summed E-state index contributed by atoms with van der Waals surface area (Å²) in [5.74, 6) is 0. The number of benzene rings is 3. The molecule has 3 amide bonds. The predicted molar refractivity (Wildman–Crippen MR) is 135 cm³/mol. The van der Waals surface area contributed by atoms with Crippen molar-refractivity contribution in [2.75, 3.05) is 23.3 Å². The van der Waals surface area contributed by atoms with Gasteiger partial charge in [-0.3, -0.25) is 10.2 Å². The molecule has 4 rings (SSSR count). The summed E-state index contributed by atoms with van der Waals surface area (Å²) < 4.78 is 5.40. The van der Waals surface area contributed by atoms with Crippen LogP contribution in [0.15, 0.2) is 66.7 Å². The molecular formula is C28H31N3O3. The molecule has 0 spiro atoms. The molecule has 0 aliphatic carbocycles. The molecule has 1 N–H and O–H groups in total. The fourth-order valence-electron chi connectivity index (χ4n) is 4.13. The normalized spacial score (nSPS) is 13.7. The van der Waals surface area contributed by atoms with E-state index in [0.29, 0.717) is 31.0 Å². The molecule has 0 radical (unpaired) electrons. The number of urea groups is 1. The van der Waals surface area contributed by atoms with Gasteiger partial charge in [0.1, 0.15) is 6.61 Å². The topological polar surface area (TPSA) is 61.9 Å². The zero-order valence-corrected chi connectivity index (χ0v) is 20.0. The summed E-state index contributed by atoms with van der Waals surface area (Å²) in [5, 5.41) is 2.84. The van der Waals surface area contributed by atoms with E-state index in [2.05, 4.69) is 37.4 Å². The van der Waals surface area contributed by atoms with E-state index in [4.69, 9.17) is 4.74 Å². The highest BCUT2D eigenvalue weighted by molar-refractivity contribution is 5.99. The standard InChI is InChI=1S/C28H31N3O3/c1-20-10-13-26(25(16-20)29-27(32)34-19-23-8-5-4-6-9-23)31-15-7-14-30(28(31)33)18-24-12-11-21(2)22(3)17-24/h4-6,8-13,16-17H,7,14-15,18-19H2,1-3H3,(H,29,32). The Morgan fingerprint density at radius 2 is 1.71 bits per heavy atom. The second kappa shape index (κ2) is 10.4. The summed E-state index contributed by atoms with van der Waals surface area (Å²) in [6, 6.07) is 21.5. The Labute approximate surface area is 201 Å². The van der Waals surface area contributed by atoms with Crippen LogP contribution in [-0.4, -0.2) is 30.1 Å². The van der Waals surface area contributed by atoms with E-state index in [1.54, 1.807) is 4.90 Å². The highest BCUT2D eigenvalue weighted by atomic mass is 16.5. The molecule has 1 aliphatic rings. The number of amides is 3. The molecule has 3 aromatic carbocycles. The van der Waals surface area contributed by atoms with Crippen LogP contribution in [0.25, 0.3) is 0 Å². The summed E-state index contributed by atoms with van der Waals surface area (Å²) >= 11 is 0. The number of rotatable bonds is 6. The average Bonchev–Trinajstić information content (AvgIpc) is 2.83. The van der Waals surface area contributed by atoms with Crippen molar-refractivity contribution in [1.29, 1.82) is 0 Å². The first kappa shape index (κ1) is 23.4. The zero-order valence-electron chi connectivity index (χ0n) is 20.0. The molecule has 176 valence electrons. The van der Waals surface area contributed by atoms with Gasteiger partial charge in [-0.1, -0.05) is 54.6 Å². The van der Waals surface area contributed by atoms with Gasteiger partial charge < -0.3 is 9.64 Å². The van der Waals surface area contributed by atoms with Gasteiger partial charge >= 0.3 is 12.1 Å². The highest BCUT2D eigenvalue weighted by Crippen LogP contribution is 2.30. The average molecular weight is 458 g/mol. The minimum absolute atomic E-state index is 0.0611. The number of aryl methyl sites for hydroxylation is 3. The van der Waals surface area contributed by atoms with Crippen LogP contribution in [0.3, 0.4) is 0 Å². The monoisotopic (exact) mass is 457 g/mol. The fraction of sp³-hybridized carbons (Fsp3) is 0.286. The van der Waals surface area contributed by atoms with Gasteiger partial charge in [-0.15, -0.1) is 0 Å². The Bertz CT molecular complexity index is 1180. The maximum absolute atomic E-state index is 13.4. The lowest BCUT2D eigenvalue weighted by Crippen LogP contribution is -2.49. The molecule has 1 heterocycles. The van der Waals surface area contributed by atoms with Crippen molar-refractivity contribution in [1.82, 2.24) is 4.90 Å². The molecule has 3 aromatic rings. The number of hydrogen-bond acceptors (Lipinski definition) is 3. The van der Waals surface area contributed by atoms with Crippen LogP contribution < -0.4 is 10.2 Å².